The van der Waals surface area contributed by atoms with Crippen molar-refractivity contribution in [3.05, 3.63) is 11.8 Å². The predicted molar refractivity (Wildman–Crippen MR) is 58.7 cm³/mol. The van der Waals surface area contributed by atoms with Gasteiger partial charge in [0, 0.05) is 18.8 Å². The largest absolute Gasteiger partial charge is 0.375 e. The molecule has 1 fully saturated rings. The lowest BCUT2D eigenvalue weighted by Crippen LogP contribution is -2.29. The molecule has 1 aliphatic heterocycles. The fourth-order valence-electron chi connectivity index (χ4n) is 2.06. The van der Waals surface area contributed by atoms with E-state index < -0.39 is 0 Å². The zero-order valence-corrected chi connectivity index (χ0v) is 9.18. The lowest BCUT2D eigenvalue weighted by atomic mass is 10.1. The average Bonchev–Trinajstić information content (AvgIpc) is 2.19. The summed E-state index contributed by atoms with van der Waals surface area (Å²) in [6.07, 6.45) is 10.4. The number of nitrogens with zero attached hydrogens (tertiary/aromatic N) is 1. The van der Waals surface area contributed by atoms with E-state index in [-0.39, 0.29) is 0 Å². The maximum absolute atomic E-state index is 2.59. The van der Waals surface area contributed by atoms with E-state index in [9.17, 15) is 0 Å². The van der Waals surface area contributed by atoms with E-state index in [1.807, 2.05) is 0 Å². The van der Waals surface area contributed by atoms with E-state index in [0.29, 0.717) is 0 Å². The number of piperidine rings is 1. The van der Waals surface area contributed by atoms with Crippen molar-refractivity contribution in [2.75, 3.05) is 13.1 Å². The van der Waals surface area contributed by atoms with Crippen LogP contribution in [-0.4, -0.2) is 18.0 Å². The quantitative estimate of drug-likeness (QED) is 0.641. The third-order valence-electron chi connectivity index (χ3n) is 2.71. The fraction of sp³-hybridized carbons (Fsp3) is 0.833. The van der Waals surface area contributed by atoms with Crippen LogP contribution in [0.3, 0.4) is 0 Å². The van der Waals surface area contributed by atoms with Crippen LogP contribution in [0.2, 0.25) is 0 Å². The number of allylic oxidation sites excluding steroid dienone is 2. The molecule has 0 aromatic rings. The van der Waals surface area contributed by atoms with Gasteiger partial charge in [0.2, 0.25) is 0 Å². The summed E-state index contributed by atoms with van der Waals surface area (Å²) in [5, 5.41) is 0. The third-order valence-corrected chi connectivity index (χ3v) is 2.71. The van der Waals surface area contributed by atoms with Crippen molar-refractivity contribution in [3.8, 4) is 0 Å². The molecule has 0 radical (unpaired) electrons. The minimum absolute atomic E-state index is 1.19. The zero-order valence-electron chi connectivity index (χ0n) is 9.18. The summed E-state index contributed by atoms with van der Waals surface area (Å²) >= 11 is 0. The van der Waals surface area contributed by atoms with Gasteiger partial charge in [-0.15, -0.1) is 0 Å². The maximum atomic E-state index is 2.59. The molecule has 1 heteroatoms. The van der Waals surface area contributed by atoms with Crippen molar-refractivity contribution >= 4 is 0 Å². The molecule has 0 atom stereocenters. The zero-order chi connectivity index (χ0) is 9.52. The number of hydrogen-bond donors (Lipinski definition) is 0. The Hall–Kier alpha value is -0.460. The Morgan fingerprint density at radius 3 is 2.38 bits per heavy atom. The highest BCUT2D eigenvalue weighted by Gasteiger charge is 2.11. The monoisotopic (exact) mass is 181 g/mol. The van der Waals surface area contributed by atoms with Crippen LogP contribution in [-0.2, 0) is 0 Å². The molecule has 1 rings (SSSR count). The van der Waals surface area contributed by atoms with E-state index in [1.54, 1.807) is 5.70 Å². The Balaban J connectivity index is 2.46. The lowest BCUT2D eigenvalue weighted by molar-refractivity contribution is 0.275. The second-order valence-corrected chi connectivity index (χ2v) is 3.90. The standard InChI is InChI=1S/C12H23N/c1-3-8-12(9-4-2)13-10-6-5-7-11-13/h8H,3-7,9-11H2,1-2H3. The topological polar surface area (TPSA) is 3.24 Å². The molecule has 13 heavy (non-hydrogen) atoms. The van der Waals surface area contributed by atoms with E-state index >= 15 is 0 Å². The van der Waals surface area contributed by atoms with Crippen LogP contribution in [0.25, 0.3) is 0 Å². The Labute approximate surface area is 82.8 Å². The molecular formula is C12H23N. The molecule has 0 bridgehead atoms. The summed E-state index contributed by atoms with van der Waals surface area (Å²) in [5.74, 6) is 0. The predicted octanol–water partition coefficient (Wildman–Crippen LogP) is 3.57. The first kappa shape index (κ1) is 10.6. The van der Waals surface area contributed by atoms with Crippen LogP contribution < -0.4 is 0 Å². The molecule has 0 spiro atoms. The fourth-order valence-corrected chi connectivity index (χ4v) is 2.06. The van der Waals surface area contributed by atoms with Crippen molar-refractivity contribution in [1.29, 1.82) is 0 Å². The van der Waals surface area contributed by atoms with Gasteiger partial charge in [-0.3, -0.25) is 0 Å². The van der Waals surface area contributed by atoms with Gasteiger partial charge in [-0.05, 0) is 32.1 Å². The molecule has 0 unspecified atom stereocenters. The minimum atomic E-state index is 1.19. The molecule has 1 saturated heterocycles. The van der Waals surface area contributed by atoms with Gasteiger partial charge in [0.05, 0.1) is 0 Å². The van der Waals surface area contributed by atoms with Gasteiger partial charge in [0.1, 0.15) is 0 Å². The molecule has 0 saturated carbocycles. The average molecular weight is 181 g/mol. The van der Waals surface area contributed by atoms with E-state index in [1.165, 1.54) is 51.6 Å². The summed E-state index contributed by atoms with van der Waals surface area (Å²) in [5.41, 5.74) is 1.60. The van der Waals surface area contributed by atoms with E-state index in [4.69, 9.17) is 0 Å². The Bertz CT molecular complexity index is 155. The summed E-state index contributed by atoms with van der Waals surface area (Å²) in [6, 6.07) is 0. The SMILES string of the molecule is CCC=C(CCC)N1CCCCC1. The summed E-state index contributed by atoms with van der Waals surface area (Å²) in [4.78, 5) is 2.59. The summed E-state index contributed by atoms with van der Waals surface area (Å²) in [7, 11) is 0. The molecule has 1 aliphatic rings. The molecule has 0 amide bonds. The third kappa shape index (κ3) is 3.41. The highest BCUT2D eigenvalue weighted by atomic mass is 15.1. The molecule has 0 aromatic carbocycles. The molecule has 1 heterocycles. The molecule has 0 N–H and O–H groups in total. The van der Waals surface area contributed by atoms with Crippen LogP contribution in [0.1, 0.15) is 52.4 Å². The van der Waals surface area contributed by atoms with E-state index in [0.717, 1.165) is 0 Å². The Kier molecular flexibility index (Phi) is 4.95. The second-order valence-electron chi connectivity index (χ2n) is 3.90. The molecule has 1 nitrogen and oxygen atoms in total. The number of likely N-dealkylation sites (tertiary alicyclic amines) is 1. The highest BCUT2D eigenvalue weighted by molar-refractivity contribution is 5.01. The molecule has 0 aliphatic carbocycles. The van der Waals surface area contributed by atoms with Crippen LogP contribution in [0.4, 0.5) is 0 Å². The first-order chi connectivity index (χ1) is 6.38. The maximum Gasteiger partial charge on any atom is 0.0174 e. The number of hydrogen-bond acceptors (Lipinski definition) is 1. The van der Waals surface area contributed by atoms with Gasteiger partial charge >= 0.3 is 0 Å². The summed E-state index contributed by atoms with van der Waals surface area (Å²) < 4.78 is 0. The highest BCUT2D eigenvalue weighted by Crippen LogP contribution is 2.18. The first-order valence-corrected chi connectivity index (χ1v) is 5.82. The molecule has 76 valence electrons. The first-order valence-electron chi connectivity index (χ1n) is 5.82. The molecular weight excluding hydrogens is 158 g/mol. The van der Waals surface area contributed by atoms with Crippen LogP contribution in [0, 0.1) is 0 Å². The second kappa shape index (κ2) is 6.06. The van der Waals surface area contributed by atoms with Gasteiger partial charge in [-0.1, -0.05) is 26.3 Å². The van der Waals surface area contributed by atoms with Crippen LogP contribution in [0.5, 0.6) is 0 Å². The van der Waals surface area contributed by atoms with Gasteiger partial charge < -0.3 is 4.90 Å². The minimum Gasteiger partial charge on any atom is -0.375 e. The van der Waals surface area contributed by atoms with Crippen molar-refractivity contribution in [3.63, 3.8) is 0 Å². The van der Waals surface area contributed by atoms with Gasteiger partial charge in [0.15, 0.2) is 0 Å². The van der Waals surface area contributed by atoms with Crippen LogP contribution >= 0.6 is 0 Å². The van der Waals surface area contributed by atoms with Crippen molar-refractivity contribution in [2.24, 2.45) is 0 Å². The van der Waals surface area contributed by atoms with Gasteiger partial charge in [0.25, 0.3) is 0 Å². The van der Waals surface area contributed by atoms with Crippen molar-refractivity contribution < 1.29 is 0 Å². The van der Waals surface area contributed by atoms with Crippen molar-refractivity contribution in [1.82, 2.24) is 4.90 Å². The number of rotatable bonds is 4. The Morgan fingerprint density at radius 2 is 1.85 bits per heavy atom. The Morgan fingerprint density at radius 1 is 1.15 bits per heavy atom. The smallest absolute Gasteiger partial charge is 0.0174 e. The van der Waals surface area contributed by atoms with E-state index in [2.05, 4.69) is 24.8 Å². The van der Waals surface area contributed by atoms with Crippen molar-refractivity contribution in [2.45, 2.75) is 52.4 Å². The lowest BCUT2D eigenvalue weighted by Gasteiger charge is -2.31. The normalized spacial score (nSPS) is 19.2. The van der Waals surface area contributed by atoms with Crippen LogP contribution in [0.15, 0.2) is 11.8 Å². The van der Waals surface area contributed by atoms with Gasteiger partial charge in [-0.25, -0.2) is 0 Å². The summed E-state index contributed by atoms with van der Waals surface area (Å²) in [6.45, 7) is 7.10. The molecule has 0 aromatic heterocycles. The van der Waals surface area contributed by atoms with Gasteiger partial charge in [-0.2, -0.15) is 0 Å².